The fourth-order valence-corrected chi connectivity index (χ4v) is 4.01. The predicted molar refractivity (Wildman–Crippen MR) is 86.6 cm³/mol. The van der Waals surface area contributed by atoms with Crippen molar-refractivity contribution in [1.82, 2.24) is 5.32 Å². The lowest BCUT2D eigenvalue weighted by atomic mass is 9.89. The van der Waals surface area contributed by atoms with Gasteiger partial charge in [0, 0.05) is 31.2 Å². The summed E-state index contributed by atoms with van der Waals surface area (Å²) in [7, 11) is 1.91. The number of aryl methyl sites for hydroxylation is 2. The van der Waals surface area contributed by atoms with Gasteiger partial charge < -0.3 is 10.2 Å². The van der Waals surface area contributed by atoms with Crippen molar-refractivity contribution in [3.8, 4) is 0 Å². The fourth-order valence-electron chi connectivity index (χ4n) is 4.01. The number of amides is 1. The first-order chi connectivity index (χ1) is 10.0. The first-order valence-electron chi connectivity index (χ1n) is 8.12. The van der Waals surface area contributed by atoms with Crippen molar-refractivity contribution < 1.29 is 4.79 Å². The quantitative estimate of drug-likeness (QED) is 0.925. The monoisotopic (exact) mass is 286 g/mol. The largest absolute Gasteiger partial charge is 0.315 e. The van der Waals surface area contributed by atoms with Gasteiger partial charge in [0.1, 0.15) is 0 Å². The molecule has 0 aromatic heterocycles. The van der Waals surface area contributed by atoms with Crippen molar-refractivity contribution in [3.05, 3.63) is 29.3 Å². The number of piperidine rings is 1. The van der Waals surface area contributed by atoms with Gasteiger partial charge in [0.2, 0.25) is 5.91 Å². The molecule has 1 aromatic rings. The van der Waals surface area contributed by atoms with Crippen molar-refractivity contribution in [2.24, 2.45) is 5.92 Å². The number of carbonyl (C=O) groups excluding carboxylic acids is 1. The molecule has 2 atom stereocenters. The Morgan fingerprint density at radius 2 is 1.71 bits per heavy atom. The van der Waals surface area contributed by atoms with E-state index < -0.39 is 0 Å². The summed E-state index contributed by atoms with van der Waals surface area (Å²) in [6.45, 7) is 4.17. The van der Waals surface area contributed by atoms with E-state index in [-0.39, 0.29) is 5.91 Å². The molecule has 0 aliphatic carbocycles. The Kier molecular flexibility index (Phi) is 4.03. The van der Waals surface area contributed by atoms with Gasteiger partial charge in [-0.3, -0.25) is 4.79 Å². The number of rotatable bonds is 3. The third-order valence-corrected chi connectivity index (χ3v) is 5.00. The third-order valence-electron chi connectivity index (χ3n) is 5.00. The molecular formula is C18H26N2O. The number of fused-ring (bicyclic) bond motifs is 2. The second-order valence-corrected chi connectivity index (χ2v) is 6.98. The lowest BCUT2D eigenvalue weighted by Crippen LogP contribution is -2.40. The summed E-state index contributed by atoms with van der Waals surface area (Å²) < 4.78 is 0. The fraction of sp³-hybridized carbons (Fsp3) is 0.611. The van der Waals surface area contributed by atoms with Gasteiger partial charge in [-0.25, -0.2) is 0 Å². The molecule has 2 heterocycles. The molecule has 1 aromatic carbocycles. The van der Waals surface area contributed by atoms with E-state index in [1.165, 1.54) is 36.8 Å². The van der Waals surface area contributed by atoms with Gasteiger partial charge in [0.25, 0.3) is 0 Å². The molecule has 0 saturated carbocycles. The Bertz CT molecular complexity index is 508. The normalized spacial score (nSPS) is 27.7. The van der Waals surface area contributed by atoms with E-state index in [1.54, 1.807) is 0 Å². The highest BCUT2D eigenvalue weighted by Crippen LogP contribution is 2.33. The van der Waals surface area contributed by atoms with Gasteiger partial charge in [-0.1, -0.05) is 6.07 Å². The minimum Gasteiger partial charge on any atom is -0.315 e. The first-order valence-corrected chi connectivity index (χ1v) is 8.12. The molecule has 3 nitrogen and oxygen atoms in total. The van der Waals surface area contributed by atoms with E-state index in [0.717, 1.165) is 5.69 Å². The highest BCUT2D eigenvalue weighted by molar-refractivity contribution is 5.93. The van der Waals surface area contributed by atoms with E-state index in [9.17, 15) is 4.79 Å². The number of carbonyl (C=O) groups is 1. The smallest absolute Gasteiger partial charge is 0.226 e. The minimum absolute atomic E-state index is 0.256. The summed E-state index contributed by atoms with van der Waals surface area (Å²) in [5.41, 5.74) is 3.45. The van der Waals surface area contributed by atoms with Crippen LogP contribution in [0.5, 0.6) is 0 Å². The zero-order chi connectivity index (χ0) is 15.0. The minimum atomic E-state index is 0.256. The first kappa shape index (κ1) is 14.6. The molecule has 114 valence electrons. The van der Waals surface area contributed by atoms with Crippen LogP contribution < -0.4 is 10.2 Å². The summed E-state index contributed by atoms with van der Waals surface area (Å²) in [6.07, 6.45) is 5.62. The van der Waals surface area contributed by atoms with Crippen LogP contribution in [-0.4, -0.2) is 25.0 Å². The lowest BCUT2D eigenvalue weighted by Gasteiger charge is -2.30. The zero-order valence-corrected chi connectivity index (χ0v) is 13.4. The molecule has 3 rings (SSSR count). The number of nitrogens with zero attached hydrogens (tertiary/aromatic N) is 1. The van der Waals surface area contributed by atoms with Crippen LogP contribution in [0.4, 0.5) is 5.69 Å². The van der Waals surface area contributed by atoms with E-state index in [1.807, 2.05) is 11.9 Å². The summed E-state index contributed by atoms with van der Waals surface area (Å²) in [5, 5.41) is 3.64. The molecule has 21 heavy (non-hydrogen) atoms. The highest BCUT2D eigenvalue weighted by Gasteiger charge is 2.34. The molecule has 1 N–H and O–H groups in total. The summed E-state index contributed by atoms with van der Waals surface area (Å²) in [6, 6.07) is 7.65. The topological polar surface area (TPSA) is 32.3 Å². The number of nitrogens with one attached hydrogen (secondary N) is 1. The maximum absolute atomic E-state index is 12.6. The zero-order valence-electron chi connectivity index (χ0n) is 13.4. The average molecular weight is 286 g/mol. The molecular weight excluding hydrogens is 260 g/mol. The maximum Gasteiger partial charge on any atom is 0.226 e. The Morgan fingerprint density at radius 3 is 2.29 bits per heavy atom. The number of anilines is 1. The number of benzene rings is 1. The van der Waals surface area contributed by atoms with Crippen LogP contribution in [0.25, 0.3) is 0 Å². The predicted octanol–water partition coefficient (Wildman–Crippen LogP) is 3.19. The maximum atomic E-state index is 12.6. The van der Waals surface area contributed by atoms with Gasteiger partial charge in [0.05, 0.1) is 0 Å². The molecule has 2 saturated heterocycles. The SMILES string of the molecule is Cc1cc(C)cc(N(C)C(=O)CC2CC3CCC(C2)N3)c1. The Labute approximate surface area is 127 Å². The molecule has 2 unspecified atom stereocenters. The Morgan fingerprint density at radius 1 is 1.14 bits per heavy atom. The standard InChI is InChI=1S/C18H26N2O/c1-12-6-13(2)8-17(7-12)20(3)18(21)11-14-9-15-4-5-16(10-14)19-15/h6-8,14-16,19H,4-5,9-11H2,1-3H3. The molecule has 2 aliphatic rings. The molecule has 2 bridgehead atoms. The van der Waals surface area contributed by atoms with Crippen molar-refractivity contribution in [2.45, 2.75) is 58.0 Å². The van der Waals surface area contributed by atoms with Gasteiger partial charge >= 0.3 is 0 Å². The average Bonchev–Trinajstić information content (AvgIpc) is 2.76. The van der Waals surface area contributed by atoms with E-state index in [2.05, 4.69) is 37.4 Å². The number of hydrogen-bond donors (Lipinski definition) is 1. The van der Waals surface area contributed by atoms with Crippen LogP contribution in [0, 0.1) is 19.8 Å². The van der Waals surface area contributed by atoms with Gasteiger partial charge in [-0.05, 0) is 68.7 Å². The van der Waals surface area contributed by atoms with Crippen LogP contribution in [0.2, 0.25) is 0 Å². The number of hydrogen-bond acceptors (Lipinski definition) is 2. The van der Waals surface area contributed by atoms with E-state index in [0.29, 0.717) is 24.4 Å². The second kappa shape index (κ2) is 5.80. The van der Waals surface area contributed by atoms with Gasteiger partial charge in [-0.15, -0.1) is 0 Å². The van der Waals surface area contributed by atoms with Crippen LogP contribution in [0.1, 0.15) is 43.2 Å². The second-order valence-electron chi connectivity index (χ2n) is 6.98. The molecule has 1 amide bonds. The summed E-state index contributed by atoms with van der Waals surface area (Å²) in [5.74, 6) is 0.816. The Balaban J connectivity index is 1.64. The van der Waals surface area contributed by atoms with E-state index >= 15 is 0 Å². The highest BCUT2D eigenvalue weighted by atomic mass is 16.2. The van der Waals surface area contributed by atoms with Gasteiger partial charge in [0.15, 0.2) is 0 Å². The molecule has 0 radical (unpaired) electrons. The van der Waals surface area contributed by atoms with Crippen molar-refractivity contribution in [1.29, 1.82) is 0 Å². The van der Waals surface area contributed by atoms with Crippen molar-refractivity contribution in [2.75, 3.05) is 11.9 Å². The van der Waals surface area contributed by atoms with E-state index in [4.69, 9.17) is 0 Å². The molecule has 2 fully saturated rings. The third kappa shape index (κ3) is 3.29. The summed E-state index contributed by atoms with van der Waals surface area (Å²) >= 11 is 0. The van der Waals surface area contributed by atoms with Crippen LogP contribution in [-0.2, 0) is 4.79 Å². The lowest BCUT2D eigenvalue weighted by molar-refractivity contribution is -0.119. The molecule has 2 aliphatic heterocycles. The van der Waals surface area contributed by atoms with Gasteiger partial charge in [-0.2, -0.15) is 0 Å². The van der Waals surface area contributed by atoms with Crippen LogP contribution in [0.3, 0.4) is 0 Å². The Hall–Kier alpha value is -1.35. The van der Waals surface area contributed by atoms with Crippen molar-refractivity contribution >= 4 is 11.6 Å². The molecule has 0 spiro atoms. The van der Waals surface area contributed by atoms with Crippen molar-refractivity contribution in [3.63, 3.8) is 0 Å². The summed E-state index contributed by atoms with van der Waals surface area (Å²) in [4.78, 5) is 14.4. The molecule has 3 heteroatoms. The van der Waals surface area contributed by atoms with Crippen LogP contribution >= 0.6 is 0 Å². The van der Waals surface area contributed by atoms with Crippen LogP contribution in [0.15, 0.2) is 18.2 Å².